The van der Waals surface area contributed by atoms with E-state index in [0.717, 1.165) is 18.0 Å². The molecule has 2 rings (SSSR count). The maximum atomic E-state index is 3.79. The summed E-state index contributed by atoms with van der Waals surface area (Å²) in [5.41, 5.74) is 0.482. The Labute approximate surface area is 101 Å². The molecule has 2 nitrogen and oxygen atoms in total. The van der Waals surface area contributed by atoms with Crippen LogP contribution < -0.4 is 5.32 Å². The molecule has 0 bridgehead atoms. The maximum absolute atomic E-state index is 3.79. The number of hydrogen-bond donors (Lipinski definition) is 1. The summed E-state index contributed by atoms with van der Waals surface area (Å²) in [6, 6.07) is 1.54. The summed E-state index contributed by atoms with van der Waals surface area (Å²) in [5.74, 6) is 0.897. The zero-order valence-electron chi connectivity index (χ0n) is 11.6. The molecule has 1 heterocycles. The van der Waals surface area contributed by atoms with Gasteiger partial charge < -0.3 is 0 Å². The van der Waals surface area contributed by atoms with Crippen molar-refractivity contribution in [3.8, 4) is 0 Å². The van der Waals surface area contributed by atoms with Crippen molar-refractivity contribution in [3.63, 3.8) is 0 Å². The molecule has 0 spiro atoms. The smallest absolute Gasteiger partial charge is 0.0597 e. The summed E-state index contributed by atoms with van der Waals surface area (Å²) < 4.78 is 0. The van der Waals surface area contributed by atoms with Crippen molar-refractivity contribution < 1.29 is 0 Å². The van der Waals surface area contributed by atoms with Gasteiger partial charge in [-0.1, -0.05) is 27.7 Å². The molecule has 94 valence electrons. The van der Waals surface area contributed by atoms with E-state index in [1.165, 1.54) is 25.7 Å². The van der Waals surface area contributed by atoms with E-state index in [2.05, 4.69) is 45.0 Å². The Balaban J connectivity index is 2.04. The summed E-state index contributed by atoms with van der Waals surface area (Å²) in [7, 11) is 2.30. The van der Waals surface area contributed by atoms with Gasteiger partial charge in [-0.2, -0.15) is 0 Å². The van der Waals surface area contributed by atoms with Crippen LogP contribution in [0.1, 0.15) is 53.4 Å². The van der Waals surface area contributed by atoms with Gasteiger partial charge in [0.15, 0.2) is 0 Å². The summed E-state index contributed by atoms with van der Waals surface area (Å²) in [6.07, 6.45) is 6.00. The lowest BCUT2D eigenvalue weighted by Gasteiger charge is -2.40. The first-order chi connectivity index (χ1) is 7.43. The van der Waals surface area contributed by atoms with Crippen molar-refractivity contribution in [2.75, 3.05) is 7.05 Å². The lowest BCUT2D eigenvalue weighted by atomic mass is 9.70. The van der Waals surface area contributed by atoms with Crippen LogP contribution in [-0.4, -0.2) is 30.2 Å². The average molecular weight is 224 g/mol. The number of nitrogens with zero attached hydrogens (tertiary/aromatic N) is 1. The normalized spacial score (nSPS) is 41.1. The molecular formula is C14H28N2. The molecule has 2 heteroatoms. The third-order valence-corrected chi connectivity index (χ3v) is 4.85. The number of rotatable bonds is 1. The molecule has 4 atom stereocenters. The Morgan fingerprint density at radius 2 is 1.94 bits per heavy atom. The number of hydrogen-bond acceptors (Lipinski definition) is 2. The van der Waals surface area contributed by atoms with E-state index in [4.69, 9.17) is 0 Å². The van der Waals surface area contributed by atoms with E-state index in [0.29, 0.717) is 11.6 Å². The van der Waals surface area contributed by atoms with Gasteiger partial charge in [-0.15, -0.1) is 0 Å². The van der Waals surface area contributed by atoms with Crippen molar-refractivity contribution in [2.24, 2.45) is 11.3 Å². The first kappa shape index (κ1) is 12.4. The van der Waals surface area contributed by atoms with Crippen LogP contribution in [0.4, 0.5) is 0 Å². The van der Waals surface area contributed by atoms with Crippen LogP contribution in [0.3, 0.4) is 0 Å². The third-order valence-electron chi connectivity index (χ3n) is 4.85. The fourth-order valence-electron chi connectivity index (χ4n) is 3.58. The highest BCUT2D eigenvalue weighted by atomic mass is 15.4. The minimum Gasteiger partial charge on any atom is -0.297 e. The Bertz CT molecular complexity index is 242. The van der Waals surface area contributed by atoms with E-state index >= 15 is 0 Å². The quantitative estimate of drug-likeness (QED) is 0.737. The summed E-state index contributed by atoms with van der Waals surface area (Å²) in [5, 5.41) is 3.79. The Kier molecular flexibility index (Phi) is 3.33. The lowest BCUT2D eigenvalue weighted by molar-refractivity contribution is 0.109. The summed E-state index contributed by atoms with van der Waals surface area (Å²) >= 11 is 0. The molecule has 0 amide bonds. The molecule has 1 N–H and O–H groups in total. The molecular weight excluding hydrogens is 196 g/mol. The highest BCUT2D eigenvalue weighted by molar-refractivity contribution is 4.99. The van der Waals surface area contributed by atoms with Crippen LogP contribution in [0.5, 0.6) is 0 Å². The SMILES string of the molecule is CCC1NC2CCC(C(C)(C)C)CC2N1C. The number of likely N-dealkylation sites (N-methyl/N-ethyl adjacent to an activating group) is 1. The van der Waals surface area contributed by atoms with Crippen molar-refractivity contribution in [3.05, 3.63) is 0 Å². The van der Waals surface area contributed by atoms with Crippen molar-refractivity contribution >= 4 is 0 Å². The number of nitrogens with one attached hydrogen (secondary N) is 1. The minimum atomic E-state index is 0.482. The van der Waals surface area contributed by atoms with Crippen LogP contribution in [0, 0.1) is 11.3 Å². The van der Waals surface area contributed by atoms with Gasteiger partial charge in [0.25, 0.3) is 0 Å². The second-order valence-electron chi connectivity index (χ2n) is 6.81. The molecule has 0 radical (unpaired) electrons. The third kappa shape index (κ3) is 2.14. The fraction of sp³-hybridized carbons (Fsp3) is 1.00. The van der Waals surface area contributed by atoms with E-state index in [9.17, 15) is 0 Å². The molecule has 16 heavy (non-hydrogen) atoms. The second kappa shape index (κ2) is 4.30. The minimum absolute atomic E-state index is 0.482. The maximum Gasteiger partial charge on any atom is 0.0597 e. The summed E-state index contributed by atoms with van der Waals surface area (Å²) in [6.45, 7) is 9.49. The fourth-order valence-corrected chi connectivity index (χ4v) is 3.58. The Morgan fingerprint density at radius 3 is 2.50 bits per heavy atom. The standard InChI is InChI=1S/C14H28N2/c1-6-13-15-11-8-7-10(14(2,3)4)9-12(11)16(13)5/h10-13,15H,6-9H2,1-5H3. The van der Waals surface area contributed by atoms with Gasteiger partial charge in [-0.25, -0.2) is 0 Å². The average Bonchev–Trinajstić information content (AvgIpc) is 2.54. The molecule has 0 aromatic carbocycles. The van der Waals surface area contributed by atoms with Crippen LogP contribution in [-0.2, 0) is 0 Å². The zero-order chi connectivity index (χ0) is 11.9. The van der Waals surface area contributed by atoms with Crippen LogP contribution in [0.2, 0.25) is 0 Å². The highest BCUT2D eigenvalue weighted by Crippen LogP contribution is 2.41. The van der Waals surface area contributed by atoms with Crippen molar-refractivity contribution in [2.45, 2.75) is 71.6 Å². The second-order valence-corrected chi connectivity index (χ2v) is 6.81. The predicted octanol–water partition coefficient (Wildman–Crippen LogP) is 2.84. The molecule has 2 aliphatic rings. The van der Waals surface area contributed by atoms with Crippen LogP contribution in [0.25, 0.3) is 0 Å². The van der Waals surface area contributed by atoms with E-state index in [1.807, 2.05) is 0 Å². The molecule has 1 saturated heterocycles. The van der Waals surface area contributed by atoms with Gasteiger partial charge in [0.1, 0.15) is 0 Å². The van der Waals surface area contributed by atoms with Gasteiger partial charge in [0.2, 0.25) is 0 Å². The summed E-state index contributed by atoms with van der Waals surface area (Å²) in [4.78, 5) is 2.59. The van der Waals surface area contributed by atoms with Crippen molar-refractivity contribution in [1.82, 2.24) is 10.2 Å². The largest absolute Gasteiger partial charge is 0.297 e. The first-order valence-corrected chi connectivity index (χ1v) is 6.91. The monoisotopic (exact) mass is 224 g/mol. The molecule has 1 saturated carbocycles. The van der Waals surface area contributed by atoms with Gasteiger partial charge >= 0.3 is 0 Å². The highest BCUT2D eigenvalue weighted by Gasteiger charge is 2.43. The molecule has 4 unspecified atom stereocenters. The predicted molar refractivity (Wildman–Crippen MR) is 69.3 cm³/mol. The van der Waals surface area contributed by atoms with Crippen LogP contribution >= 0.6 is 0 Å². The Hall–Kier alpha value is -0.0800. The molecule has 1 aliphatic carbocycles. The molecule has 0 aromatic heterocycles. The van der Waals surface area contributed by atoms with E-state index in [1.54, 1.807) is 0 Å². The van der Waals surface area contributed by atoms with Gasteiger partial charge in [-0.3, -0.25) is 10.2 Å². The number of fused-ring (bicyclic) bond motifs is 1. The van der Waals surface area contributed by atoms with Crippen LogP contribution in [0.15, 0.2) is 0 Å². The Morgan fingerprint density at radius 1 is 1.25 bits per heavy atom. The van der Waals surface area contributed by atoms with Gasteiger partial charge in [0.05, 0.1) is 6.17 Å². The lowest BCUT2D eigenvalue weighted by Crippen LogP contribution is -2.43. The van der Waals surface area contributed by atoms with E-state index < -0.39 is 0 Å². The first-order valence-electron chi connectivity index (χ1n) is 6.91. The van der Waals surface area contributed by atoms with Gasteiger partial charge in [-0.05, 0) is 44.1 Å². The topological polar surface area (TPSA) is 15.3 Å². The van der Waals surface area contributed by atoms with Crippen molar-refractivity contribution in [1.29, 1.82) is 0 Å². The zero-order valence-corrected chi connectivity index (χ0v) is 11.6. The van der Waals surface area contributed by atoms with Gasteiger partial charge in [0, 0.05) is 12.1 Å². The molecule has 0 aromatic rings. The molecule has 2 fully saturated rings. The van der Waals surface area contributed by atoms with E-state index in [-0.39, 0.29) is 0 Å². The molecule has 1 aliphatic heterocycles.